The van der Waals surface area contributed by atoms with E-state index in [0.29, 0.717) is 5.06 Å². The fourth-order valence-corrected chi connectivity index (χ4v) is 6.18. The molecule has 4 fully saturated rings. The zero-order chi connectivity index (χ0) is 18.5. The highest BCUT2D eigenvalue weighted by molar-refractivity contribution is 5.93. The van der Waals surface area contributed by atoms with Gasteiger partial charge in [0, 0.05) is 25.2 Å². The SMILES string of the molecule is CC(=O)N(c1ccc(CC(=O)N(C)O)cc1)C12CC3CC(CC(C3)C1)C2. The van der Waals surface area contributed by atoms with Gasteiger partial charge in [-0.3, -0.25) is 14.8 Å². The maximum atomic E-state index is 12.6. The van der Waals surface area contributed by atoms with E-state index in [1.807, 2.05) is 24.3 Å². The molecule has 0 aromatic heterocycles. The second kappa shape index (κ2) is 6.38. The summed E-state index contributed by atoms with van der Waals surface area (Å²) in [7, 11) is 1.33. The molecule has 4 saturated carbocycles. The first-order valence-electron chi connectivity index (χ1n) is 9.71. The molecule has 140 valence electrons. The molecule has 0 aliphatic heterocycles. The molecule has 4 aliphatic carbocycles. The van der Waals surface area contributed by atoms with E-state index in [0.717, 1.165) is 48.3 Å². The summed E-state index contributed by atoms with van der Waals surface area (Å²) in [6, 6.07) is 7.71. The van der Waals surface area contributed by atoms with Crippen molar-refractivity contribution < 1.29 is 14.8 Å². The smallest absolute Gasteiger partial charge is 0.250 e. The molecular weight excluding hydrogens is 328 g/mol. The molecule has 0 spiro atoms. The summed E-state index contributed by atoms with van der Waals surface area (Å²) in [4.78, 5) is 26.4. The van der Waals surface area contributed by atoms with Gasteiger partial charge in [0.1, 0.15) is 0 Å². The number of carbonyl (C=O) groups excluding carboxylic acids is 2. The Morgan fingerprint density at radius 3 is 1.96 bits per heavy atom. The molecule has 1 aromatic carbocycles. The molecule has 2 amide bonds. The van der Waals surface area contributed by atoms with Crippen molar-refractivity contribution in [2.75, 3.05) is 11.9 Å². The largest absolute Gasteiger partial charge is 0.307 e. The predicted molar refractivity (Wildman–Crippen MR) is 98.8 cm³/mol. The van der Waals surface area contributed by atoms with Gasteiger partial charge in [0.25, 0.3) is 0 Å². The topological polar surface area (TPSA) is 60.9 Å². The van der Waals surface area contributed by atoms with E-state index in [4.69, 9.17) is 0 Å². The summed E-state index contributed by atoms with van der Waals surface area (Å²) < 4.78 is 0. The van der Waals surface area contributed by atoms with E-state index in [1.165, 1.54) is 26.3 Å². The zero-order valence-corrected chi connectivity index (χ0v) is 15.6. The second-order valence-electron chi connectivity index (χ2n) is 8.76. The van der Waals surface area contributed by atoms with Crippen LogP contribution in [-0.4, -0.2) is 34.7 Å². The maximum Gasteiger partial charge on any atom is 0.250 e. The second-order valence-corrected chi connectivity index (χ2v) is 8.76. The molecule has 5 nitrogen and oxygen atoms in total. The first kappa shape index (κ1) is 17.5. The highest BCUT2D eigenvalue weighted by Gasteiger charge is 2.54. The molecule has 0 radical (unpaired) electrons. The average Bonchev–Trinajstić information content (AvgIpc) is 2.54. The maximum absolute atomic E-state index is 12.6. The molecule has 4 aliphatic rings. The van der Waals surface area contributed by atoms with Crippen LogP contribution in [-0.2, 0) is 16.0 Å². The van der Waals surface area contributed by atoms with Crippen LogP contribution in [0.2, 0.25) is 0 Å². The predicted octanol–water partition coefficient (Wildman–Crippen LogP) is 3.40. The number of hydrogen-bond acceptors (Lipinski definition) is 3. The molecule has 1 aromatic rings. The van der Waals surface area contributed by atoms with Gasteiger partial charge in [-0.15, -0.1) is 0 Å². The molecule has 0 unspecified atom stereocenters. The van der Waals surface area contributed by atoms with Crippen LogP contribution in [0.3, 0.4) is 0 Å². The lowest BCUT2D eigenvalue weighted by Crippen LogP contribution is -2.61. The number of carbonyl (C=O) groups is 2. The van der Waals surface area contributed by atoms with Crippen molar-refractivity contribution in [3.8, 4) is 0 Å². The average molecular weight is 356 g/mol. The van der Waals surface area contributed by atoms with Crippen LogP contribution in [0.4, 0.5) is 5.69 Å². The highest BCUT2D eigenvalue weighted by atomic mass is 16.5. The lowest BCUT2D eigenvalue weighted by atomic mass is 9.52. The standard InChI is InChI=1S/C21H28N2O3/c1-14(24)23(19-5-3-15(4-6-19)10-20(25)22(2)26)21-11-16-7-17(12-21)9-18(8-16)13-21/h3-6,16-18,26H,7-13H2,1-2H3. The summed E-state index contributed by atoms with van der Waals surface area (Å²) in [6.45, 7) is 1.68. The number of nitrogens with zero attached hydrogens (tertiary/aromatic N) is 2. The van der Waals surface area contributed by atoms with Gasteiger partial charge in [-0.1, -0.05) is 12.1 Å². The Morgan fingerprint density at radius 2 is 1.54 bits per heavy atom. The number of benzene rings is 1. The van der Waals surface area contributed by atoms with Crippen LogP contribution in [0.5, 0.6) is 0 Å². The number of rotatable bonds is 4. The Bertz CT molecular complexity index is 675. The Morgan fingerprint density at radius 1 is 1.04 bits per heavy atom. The fraction of sp³-hybridized carbons (Fsp3) is 0.619. The minimum atomic E-state index is -0.345. The summed E-state index contributed by atoms with van der Waals surface area (Å²) in [5.74, 6) is 2.10. The van der Waals surface area contributed by atoms with Gasteiger partial charge in [-0.2, -0.15) is 0 Å². The highest BCUT2D eigenvalue weighted by Crippen LogP contribution is 2.58. The van der Waals surface area contributed by atoms with Crippen molar-refractivity contribution in [2.45, 2.75) is 57.4 Å². The van der Waals surface area contributed by atoms with E-state index in [1.54, 1.807) is 6.92 Å². The molecule has 5 heteroatoms. The van der Waals surface area contributed by atoms with Crippen molar-refractivity contribution in [1.82, 2.24) is 5.06 Å². The van der Waals surface area contributed by atoms with Gasteiger partial charge in [0.15, 0.2) is 0 Å². The number of hydroxylamine groups is 2. The van der Waals surface area contributed by atoms with Gasteiger partial charge in [-0.05, 0) is 74.0 Å². The number of hydrogen-bond donors (Lipinski definition) is 1. The number of likely N-dealkylation sites (N-methyl/N-ethyl adjacent to an activating group) is 1. The summed E-state index contributed by atoms with van der Waals surface area (Å²) in [5, 5.41) is 9.84. The summed E-state index contributed by atoms with van der Waals surface area (Å²) >= 11 is 0. The lowest BCUT2D eigenvalue weighted by molar-refractivity contribution is -0.158. The number of amides is 2. The van der Waals surface area contributed by atoms with Gasteiger partial charge in [0.2, 0.25) is 11.8 Å². The monoisotopic (exact) mass is 356 g/mol. The molecule has 4 bridgehead atoms. The van der Waals surface area contributed by atoms with Gasteiger partial charge >= 0.3 is 0 Å². The van der Waals surface area contributed by atoms with Crippen LogP contribution in [0, 0.1) is 17.8 Å². The Kier molecular flexibility index (Phi) is 4.30. The van der Waals surface area contributed by atoms with Crippen LogP contribution >= 0.6 is 0 Å². The first-order valence-corrected chi connectivity index (χ1v) is 9.71. The van der Waals surface area contributed by atoms with Gasteiger partial charge in [0.05, 0.1) is 6.42 Å². The van der Waals surface area contributed by atoms with Crippen molar-refractivity contribution in [1.29, 1.82) is 0 Å². The molecule has 0 saturated heterocycles. The normalized spacial score (nSPS) is 31.7. The van der Waals surface area contributed by atoms with Crippen LogP contribution in [0.1, 0.15) is 51.0 Å². The van der Waals surface area contributed by atoms with Crippen LogP contribution < -0.4 is 4.90 Å². The van der Waals surface area contributed by atoms with E-state index in [9.17, 15) is 14.8 Å². The molecule has 0 heterocycles. The van der Waals surface area contributed by atoms with E-state index >= 15 is 0 Å². The van der Waals surface area contributed by atoms with Crippen LogP contribution in [0.25, 0.3) is 0 Å². The van der Waals surface area contributed by atoms with E-state index in [-0.39, 0.29) is 23.8 Å². The molecule has 5 rings (SSSR count). The van der Waals surface area contributed by atoms with Crippen molar-refractivity contribution in [3.05, 3.63) is 29.8 Å². The fourth-order valence-electron chi connectivity index (χ4n) is 6.18. The zero-order valence-electron chi connectivity index (χ0n) is 15.6. The Labute approximate surface area is 154 Å². The molecule has 26 heavy (non-hydrogen) atoms. The van der Waals surface area contributed by atoms with E-state index in [2.05, 4.69) is 4.90 Å². The summed E-state index contributed by atoms with van der Waals surface area (Å²) in [6.07, 6.45) is 7.60. The van der Waals surface area contributed by atoms with Crippen molar-refractivity contribution >= 4 is 17.5 Å². The van der Waals surface area contributed by atoms with E-state index < -0.39 is 0 Å². The van der Waals surface area contributed by atoms with Gasteiger partial charge < -0.3 is 4.90 Å². The molecule has 0 atom stereocenters. The third-order valence-corrected chi connectivity index (χ3v) is 6.71. The van der Waals surface area contributed by atoms with Crippen LogP contribution in [0.15, 0.2) is 24.3 Å². The Balaban J connectivity index is 1.59. The Hall–Kier alpha value is -1.88. The van der Waals surface area contributed by atoms with Crippen molar-refractivity contribution in [3.63, 3.8) is 0 Å². The summed E-state index contributed by atoms with van der Waals surface area (Å²) in [5.41, 5.74) is 1.77. The minimum Gasteiger partial charge on any atom is -0.307 e. The quantitative estimate of drug-likeness (QED) is 0.664. The molecular formula is C21H28N2O3. The lowest BCUT2D eigenvalue weighted by Gasteiger charge is -2.60. The van der Waals surface area contributed by atoms with Crippen molar-refractivity contribution in [2.24, 2.45) is 17.8 Å². The number of anilines is 1. The third kappa shape index (κ3) is 3.02. The third-order valence-electron chi connectivity index (χ3n) is 6.71. The van der Waals surface area contributed by atoms with Gasteiger partial charge in [-0.25, -0.2) is 5.06 Å². The minimum absolute atomic E-state index is 0.0107. The first-order chi connectivity index (χ1) is 12.4. The molecule has 1 N–H and O–H groups in total.